The normalized spacial score (nSPS) is 10.8. The Kier molecular flexibility index (Phi) is 6.55. The van der Waals surface area contributed by atoms with Gasteiger partial charge in [0.15, 0.2) is 0 Å². The summed E-state index contributed by atoms with van der Waals surface area (Å²) in [6, 6.07) is 7.83. The standard InChI is InChI=1S/C17H23N3O2S/c1-20(2)11-10-18-16(21)9-8-13-12-23-17(19-13)14-6-4-5-7-15(14)22-3/h4-7,12H,8-11H2,1-3H3,(H,18,21). The molecule has 0 unspecified atom stereocenters. The van der Waals surface area contributed by atoms with E-state index >= 15 is 0 Å². The second kappa shape index (κ2) is 8.64. The van der Waals surface area contributed by atoms with Gasteiger partial charge in [-0.1, -0.05) is 12.1 Å². The van der Waals surface area contributed by atoms with E-state index in [0.29, 0.717) is 19.4 Å². The number of aryl methyl sites for hydroxylation is 1. The highest BCUT2D eigenvalue weighted by Crippen LogP contribution is 2.31. The minimum absolute atomic E-state index is 0.0682. The molecule has 23 heavy (non-hydrogen) atoms. The maximum Gasteiger partial charge on any atom is 0.220 e. The summed E-state index contributed by atoms with van der Waals surface area (Å²) >= 11 is 1.58. The summed E-state index contributed by atoms with van der Waals surface area (Å²) in [6.07, 6.45) is 1.11. The number of ether oxygens (including phenoxy) is 1. The zero-order valence-corrected chi connectivity index (χ0v) is 14.7. The maximum atomic E-state index is 11.8. The summed E-state index contributed by atoms with van der Waals surface area (Å²) in [5, 5.41) is 5.85. The number of nitrogens with one attached hydrogen (secondary N) is 1. The Hall–Kier alpha value is -1.92. The number of thiazole rings is 1. The van der Waals surface area contributed by atoms with Gasteiger partial charge >= 0.3 is 0 Å². The van der Waals surface area contributed by atoms with E-state index in [1.807, 2.05) is 48.6 Å². The van der Waals surface area contributed by atoms with E-state index in [0.717, 1.165) is 28.6 Å². The van der Waals surface area contributed by atoms with Gasteiger partial charge in [0, 0.05) is 24.9 Å². The first-order valence-electron chi connectivity index (χ1n) is 7.59. The van der Waals surface area contributed by atoms with Gasteiger partial charge in [-0.15, -0.1) is 11.3 Å². The van der Waals surface area contributed by atoms with Gasteiger partial charge in [0.1, 0.15) is 10.8 Å². The summed E-state index contributed by atoms with van der Waals surface area (Å²) in [4.78, 5) is 18.5. The number of amides is 1. The summed E-state index contributed by atoms with van der Waals surface area (Å²) in [6.45, 7) is 1.52. The number of hydrogen-bond donors (Lipinski definition) is 1. The van der Waals surface area contributed by atoms with E-state index in [4.69, 9.17) is 4.74 Å². The lowest BCUT2D eigenvalue weighted by atomic mass is 10.2. The van der Waals surface area contributed by atoms with Gasteiger partial charge in [0.05, 0.1) is 18.4 Å². The zero-order chi connectivity index (χ0) is 16.7. The third kappa shape index (κ3) is 5.33. The smallest absolute Gasteiger partial charge is 0.220 e. The van der Waals surface area contributed by atoms with E-state index in [-0.39, 0.29) is 5.91 Å². The molecule has 5 nitrogen and oxygen atoms in total. The number of para-hydroxylation sites is 1. The fraction of sp³-hybridized carbons (Fsp3) is 0.412. The van der Waals surface area contributed by atoms with Crippen LogP contribution in [0.1, 0.15) is 12.1 Å². The van der Waals surface area contributed by atoms with Crippen LogP contribution in [-0.2, 0) is 11.2 Å². The first-order chi connectivity index (χ1) is 11.1. The molecule has 0 saturated heterocycles. The number of methoxy groups -OCH3 is 1. The SMILES string of the molecule is COc1ccccc1-c1nc(CCC(=O)NCCN(C)C)cs1. The van der Waals surface area contributed by atoms with E-state index in [1.165, 1.54) is 0 Å². The number of hydrogen-bond acceptors (Lipinski definition) is 5. The Morgan fingerprint density at radius 3 is 2.87 bits per heavy atom. The Labute approximate surface area is 141 Å². The minimum Gasteiger partial charge on any atom is -0.496 e. The predicted molar refractivity (Wildman–Crippen MR) is 94.0 cm³/mol. The largest absolute Gasteiger partial charge is 0.496 e. The van der Waals surface area contributed by atoms with Crippen LogP contribution in [0.4, 0.5) is 0 Å². The molecule has 1 heterocycles. The van der Waals surface area contributed by atoms with Gasteiger partial charge in [-0.3, -0.25) is 4.79 Å². The van der Waals surface area contributed by atoms with E-state index in [9.17, 15) is 4.79 Å². The number of likely N-dealkylation sites (N-methyl/N-ethyl adjacent to an activating group) is 1. The van der Waals surface area contributed by atoms with Gasteiger partial charge < -0.3 is 15.0 Å². The molecule has 0 fully saturated rings. The molecule has 1 amide bonds. The van der Waals surface area contributed by atoms with Gasteiger partial charge in [-0.25, -0.2) is 4.98 Å². The Bertz CT molecular complexity index is 640. The third-order valence-electron chi connectivity index (χ3n) is 3.38. The van der Waals surface area contributed by atoms with Crippen LogP contribution in [-0.4, -0.2) is 50.1 Å². The van der Waals surface area contributed by atoms with Crippen molar-refractivity contribution in [3.8, 4) is 16.3 Å². The first-order valence-corrected chi connectivity index (χ1v) is 8.47. The maximum absolute atomic E-state index is 11.8. The van der Waals surface area contributed by atoms with Gasteiger partial charge in [-0.2, -0.15) is 0 Å². The van der Waals surface area contributed by atoms with Gasteiger partial charge in [-0.05, 0) is 32.6 Å². The average Bonchev–Trinajstić information content (AvgIpc) is 3.01. The summed E-state index contributed by atoms with van der Waals surface area (Å²) in [5.74, 6) is 0.883. The second-order valence-electron chi connectivity index (χ2n) is 5.50. The third-order valence-corrected chi connectivity index (χ3v) is 4.30. The van der Waals surface area contributed by atoms with Crippen molar-refractivity contribution in [3.63, 3.8) is 0 Å². The molecule has 0 saturated carbocycles. The van der Waals surface area contributed by atoms with E-state index in [1.54, 1.807) is 18.4 Å². The number of nitrogens with zero attached hydrogens (tertiary/aromatic N) is 2. The first kappa shape index (κ1) is 17.4. The molecule has 0 bridgehead atoms. The topological polar surface area (TPSA) is 54.5 Å². The molecule has 0 atom stereocenters. The van der Waals surface area contributed by atoms with Crippen LogP contribution in [0.2, 0.25) is 0 Å². The Balaban J connectivity index is 1.89. The molecule has 0 aliphatic rings. The molecule has 2 rings (SSSR count). The van der Waals surface area contributed by atoms with Crippen molar-refractivity contribution in [1.82, 2.24) is 15.2 Å². The van der Waals surface area contributed by atoms with Crippen LogP contribution >= 0.6 is 11.3 Å². The van der Waals surface area contributed by atoms with E-state index in [2.05, 4.69) is 10.3 Å². The lowest BCUT2D eigenvalue weighted by Crippen LogP contribution is -2.31. The molecule has 0 radical (unpaired) electrons. The number of benzene rings is 1. The van der Waals surface area contributed by atoms with Crippen molar-refractivity contribution >= 4 is 17.2 Å². The summed E-state index contributed by atoms with van der Waals surface area (Å²) < 4.78 is 5.37. The quantitative estimate of drug-likeness (QED) is 0.806. The molecule has 124 valence electrons. The predicted octanol–water partition coefficient (Wildman–Crippen LogP) is 2.43. The molecule has 1 aromatic heterocycles. The van der Waals surface area contributed by atoms with E-state index < -0.39 is 0 Å². The van der Waals surface area contributed by atoms with Gasteiger partial charge in [0.25, 0.3) is 0 Å². The number of rotatable bonds is 8. The molecule has 0 spiro atoms. The highest BCUT2D eigenvalue weighted by molar-refractivity contribution is 7.13. The highest BCUT2D eigenvalue weighted by Gasteiger charge is 2.10. The van der Waals surface area contributed by atoms with Crippen LogP contribution in [0.15, 0.2) is 29.6 Å². The van der Waals surface area contributed by atoms with Gasteiger partial charge in [0.2, 0.25) is 5.91 Å². The van der Waals surface area contributed by atoms with Crippen molar-refractivity contribution < 1.29 is 9.53 Å². The second-order valence-corrected chi connectivity index (χ2v) is 6.36. The lowest BCUT2D eigenvalue weighted by Gasteiger charge is -2.09. The van der Waals surface area contributed by atoms with Crippen LogP contribution in [0.5, 0.6) is 5.75 Å². The van der Waals surface area contributed by atoms with Crippen LogP contribution in [0.25, 0.3) is 10.6 Å². The molecule has 0 aliphatic heterocycles. The molecule has 2 aromatic rings. The summed E-state index contributed by atoms with van der Waals surface area (Å²) in [5.41, 5.74) is 1.93. The van der Waals surface area contributed by atoms with Crippen LogP contribution < -0.4 is 10.1 Å². The van der Waals surface area contributed by atoms with Crippen molar-refractivity contribution in [2.45, 2.75) is 12.8 Å². The zero-order valence-electron chi connectivity index (χ0n) is 13.8. The number of carbonyl (C=O) groups excluding carboxylic acids is 1. The van der Waals surface area contributed by atoms with Crippen LogP contribution in [0.3, 0.4) is 0 Å². The minimum atomic E-state index is 0.0682. The molecule has 6 heteroatoms. The average molecular weight is 333 g/mol. The monoisotopic (exact) mass is 333 g/mol. The molecular weight excluding hydrogens is 310 g/mol. The highest BCUT2D eigenvalue weighted by atomic mass is 32.1. The molecule has 0 aliphatic carbocycles. The molecule has 1 N–H and O–H groups in total. The van der Waals surface area contributed by atoms with Crippen molar-refractivity contribution in [2.24, 2.45) is 0 Å². The fourth-order valence-corrected chi connectivity index (χ4v) is 3.00. The van der Waals surface area contributed by atoms with Crippen LogP contribution in [0, 0.1) is 0 Å². The molecular formula is C17H23N3O2S. The van der Waals surface area contributed by atoms with Crippen molar-refractivity contribution in [2.75, 3.05) is 34.3 Å². The fourth-order valence-electron chi connectivity index (χ4n) is 2.12. The molecule has 1 aromatic carbocycles. The lowest BCUT2D eigenvalue weighted by molar-refractivity contribution is -0.121. The van der Waals surface area contributed by atoms with Crippen molar-refractivity contribution in [1.29, 1.82) is 0 Å². The summed E-state index contributed by atoms with van der Waals surface area (Å²) in [7, 11) is 5.63. The number of aromatic nitrogens is 1. The number of carbonyl (C=O) groups is 1. The van der Waals surface area contributed by atoms with Crippen molar-refractivity contribution in [3.05, 3.63) is 35.3 Å². The Morgan fingerprint density at radius 1 is 1.35 bits per heavy atom. The Morgan fingerprint density at radius 2 is 2.13 bits per heavy atom.